The number of fused-ring (bicyclic) bond motifs is 1. The first-order chi connectivity index (χ1) is 12.7. The molecule has 0 saturated carbocycles. The number of H-pyrrole nitrogens is 1. The first-order valence-electron chi connectivity index (χ1n) is 8.38. The molecule has 2 aromatic heterocycles. The Balaban J connectivity index is 1.55. The summed E-state index contributed by atoms with van der Waals surface area (Å²) in [5, 5.41) is 1.11. The number of hydrogen-bond acceptors (Lipinski definition) is 2. The molecule has 0 amide bonds. The normalized spacial score (nSPS) is 11.0. The van der Waals surface area contributed by atoms with E-state index in [0.717, 1.165) is 6.42 Å². The molecule has 0 radical (unpaired) electrons. The lowest BCUT2D eigenvalue weighted by atomic mass is 10.1. The zero-order chi connectivity index (χ0) is 17.9. The highest BCUT2D eigenvalue weighted by molar-refractivity contribution is 6.31. The molecule has 2 heterocycles. The van der Waals surface area contributed by atoms with Gasteiger partial charge in [0.2, 0.25) is 6.54 Å². The topological polar surface area (TPSA) is 49.6 Å². The molecule has 0 bridgehead atoms. The number of nitrogens with one attached hydrogen (secondary N) is 1. The maximum Gasteiger partial charge on any atom is 0.258 e. The molecule has 0 aliphatic carbocycles. The lowest BCUT2D eigenvalue weighted by Gasteiger charge is -2.03. The van der Waals surface area contributed by atoms with Crippen molar-refractivity contribution in [3.63, 3.8) is 0 Å². The molecule has 0 aliphatic heterocycles. The van der Waals surface area contributed by atoms with Gasteiger partial charge in [0.15, 0.2) is 18.2 Å². The Morgan fingerprint density at radius 3 is 2.46 bits per heavy atom. The fourth-order valence-electron chi connectivity index (χ4n) is 2.95. The van der Waals surface area contributed by atoms with Crippen molar-refractivity contribution < 1.29 is 4.57 Å². The molecule has 5 heteroatoms. The number of aromatic nitrogens is 3. The minimum atomic E-state index is -0.150. The fraction of sp³-hybridized carbons (Fsp3) is 0.0952. The van der Waals surface area contributed by atoms with E-state index in [2.05, 4.69) is 34.2 Å². The van der Waals surface area contributed by atoms with Gasteiger partial charge in [-0.05, 0) is 35.7 Å². The van der Waals surface area contributed by atoms with Gasteiger partial charge in [0.25, 0.3) is 5.56 Å². The summed E-state index contributed by atoms with van der Waals surface area (Å²) in [6.07, 6.45) is 4.89. The predicted octanol–water partition coefficient (Wildman–Crippen LogP) is 3.50. The van der Waals surface area contributed by atoms with E-state index in [1.54, 1.807) is 18.2 Å². The van der Waals surface area contributed by atoms with E-state index in [9.17, 15) is 4.79 Å². The van der Waals surface area contributed by atoms with Gasteiger partial charge in [-0.3, -0.25) is 4.79 Å². The Morgan fingerprint density at radius 2 is 1.69 bits per heavy atom. The fourth-order valence-corrected chi connectivity index (χ4v) is 3.12. The number of benzene rings is 2. The summed E-state index contributed by atoms with van der Waals surface area (Å²) in [7, 11) is 0. The van der Waals surface area contributed by atoms with Crippen molar-refractivity contribution in [1.29, 1.82) is 0 Å². The van der Waals surface area contributed by atoms with E-state index in [1.165, 1.54) is 11.1 Å². The molecule has 4 rings (SSSR count). The van der Waals surface area contributed by atoms with Crippen molar-refractivity contribution in [2.24, 2.45) is 0 Å². The maximum absolute atomic E-state index is 12.2. The van der Waals surface area contributed by atoms with Gasteiger partial charge in [-0.15, -0.1) is 0 Å². The van der Waals surface area contributed by atoms with Crippen LogP contribution < -0.4 is 10.1 Å². The first kappa shape index (κ1) is 16.5. The van der Waals surface area contributed by atoms with Crippen LogP contribution in [0.5, 0.6) is 0 Å². The van der Waals surface area contributed by atoms with Crippen LogP contribution in [0, 0.1) is 0 Å². The van der Waals surface area contributed by atoms with Gasteiger partial charge in [-0.1, -0.05) is 41.9 Å². The molecule has 0 fully saturated rings. The highest BCUT2D eigenvalue weighted by Gasteiger charge is 2.09. The van der Waals surface area contributed by atoms with E-state index in [1.807, 2.05) is 35.2 Å². The molecule has 4 nitrogen and oxygen atoms in total. The molecule has 1 N–H and O–H groups in total. The zero-order valence-electron chi connectivity index (χ0n) is 14.0. The van der Waals surface area contributed by atoms with Gasteiger partial charge >= 0.3 is 0 Å². The molecular formula is C21H17ClN3O+. The SMILES string of the molecule is O=c1[nH]c(C[n+]2ccc(Cc3ccccc3)cc2)nc2cc(Cl)ccc12. The van der Waals surface area contributed by atoms with Crippen molar-refractivity contribution in [2.45, 2.75) is 13.0 Å². The van der Waals surface area contributed by atoms with E-state index in [0.29, 0.717) is 28.3 Å². The van der Waals surface area contributed by atoms with E-state index in [4.69, 9.17) is 11.6 Å². The third kappa shape index (κ3) is 3.65. The van der Waals surface area contributed by atoms with Gasteiger partial charge < -0.3 is 4.98 Å². The molecular weight excluding hydrogens is 346 g/mol. The summed E-state index contributed by atoms with van der Waals surface area (Å²) in [6.45, 7) is 0.489. The van der Waals surface area contributed by atoms with E-state index < -0.39 is 0 Å². The van der Waals surface area contributed by atoms with Crippen LogP contribution in [-0.2, 0) is 13.0 Å². The van der Waals surface area contributed by atoms with Crippen LogP contribution in [0.2, 0.25) is 5.02 Å². The summed E-state index contributed by atoms with van der Waals surface area (Å²) in [6, 6.07) is 19.6. The van der Waals surface area contributed by atoms with Crippen LogP contribution in [0.1, 0.15) is 17.0 Å². The number of hydrogen-bond donors (Lipinski definition) is 1. The third-order valence-electron chi connectivity index (χ3n) is 4.26. The van der Waals surface area contributed by atoms with Crippen molar-refractivity contribution >= 4 is 22.5 Å². The smallest absolute Gasteiger partial charge is 0.258 e. The van der Waals surface area contributed by atoms with Gasteiger partial charge in [0, 0.05) is 17.2 Å². The van der Waals surface area contributed by atoms with Crippen LogP contribution >= 0.6 is 11.6 Å². The maximum atomic E-state index is 12.2. The van der Waals surface area contributed by atoms with Crippen molar-refractivity contribution in [2.75, 3.05) is 0 Å². The molecule has 128 valence electrons. The quantitative estimate of drug-likeness (QED) is 0.565. The van der Waals surface area contributed by atoms with Crippen LogP contribution in [0.4, 0.5) is 0 Å². The van der Waals surface area contributed by atoms with Crippen molar-refractivity contribution in [3.05, 3.63) is 105 Å². The Labute approximate surface area is 155 Å². The molecule has 0 unspecified atom stereocenters. The van der Waals surface area contributed by atoms with Crippen LogP contribution in [0.25, 0.3) is 10.9 Å². The second-order valence-electron chi connectivity index (χ2n) is 6.22. The molecule has 26 heavy (non-hydrogen) atoms. The molecule has 0 spiro atoms. The minimum absolute atomic E-state index is 0.150. The Bertz CT molecular complexity index is 1110. The Hall–Kier alpha value is -2.98. The minimum Gasteiger partial charge on any atom is -0.305 e. The average Bonchev–Trinajstić information content (AvgIpc) is 2.64. The van der Waals surface area contributed by atoms with Gasteiger partial charge in [0.05, 0.1) is 10.9 Å². The lowest BCUT2D eigenvalue weighted by molar-refractivity contribution is -0.689. The van der Waals surface area contributed by atoms with Crippen LogP contribution in [0.3, 0.4) is 0 Å². The Morgan fingerprint density at radius 1 is 0.962 bits per heavy atom. The molecule has 0 atom stereocenters. The summed E-state index contributed by atoms with van der Waals surface area (Å²) in [5.74, 6) is 0.602. The molecule has 2 aromatic carbocycles. The molecule has 4 aromatic rings. The number of nitrogens with zero attached hydrogens (tertiary/aromatic N) is 2. The third-order valence-corrected chi connectivity index (χ3v) is 4.50. The summed E-state index contributed by atoms with van der Waals surface area (Å²) >= 11 is 6.01. The molecule has 0 saturated heterocycles. The summed E-state index contributed by atoms with van der Waals surface area (Å²) in [4.78, 5) is 19.6. The van der Waals surface area contributed by atoms with Gasteiger partial charge in [0.1, 0.15) is 0 Å². The highest BCUT2D eigenvalue weighted by Crippen LogP contribution is 2.14. The number of pyridine rings is 1. The average molecular weight is 363 g/mol. The zero-order valence-corrected chi connectivity index (χ0v) is 14.8. The first-order valence-corrected chi connectivity index (χ1v) is 8.75. The van der Waals surface area contributed by atoms with Crippen LogP contribution in [0.15, 0.2) is 77.9 Å². The standard InChI is InChI=1S/C21H16ClN3O/c22-17-6-7-18-19(13-17)23-20(24-21(18)26)14-25-10-8-16(9-11-25)12-15-4-2-1-3-5-15/h1-11,13H,12,14H2/p+1. The monoisotopic (exact) mass is 362 g/mol. The Kier molecular flexibility index (Phi) is 4.50. The van der Waals surface area contributed by atoms with Crippen LogP contribution in [-0.4, -0.2) is 9.97 Å². The second kappa shape index (κ2) is 7.10. The van der Waals surface area contributed by atoms with Gasteiger partial charge in [-0.2, -0.15) is 4.57 Å². The van der Waals surface area contributed by atoms with E-state index >= 15 is 0 Å². The van der Waals surface area contributed by atoms with E-state index in [-0.39, 0.29) is 5.56 Å². The number of rotatable bonds is 4. The van der Waals surface area contributed by atoms with Gasteiger partial charge in [-0.25, -0.2) is 4.98 Å². The number of halogens is 1. The molecule has 0 aliphatic rings. The highest BCUT2D eigenvalue weighted by atomic mass is 35.5. The second-order valence-corrected chi connectivity index (χ2v) is 6.65. The summed E-state index contributed by atoms with van der Waals surface area (Å²) in [5.41, 5.74) is 2.97. The largest absolute Gasteiger partial charge is 0.305 e. The summed E-state index contributed by atoms with van der Waals surface area (Å²) < 4.78 is 1.99. The van der Waals surface area contributed by atoms with Crippen molar-refractivity contribution in [1.82, 2.24) is 9.97 Å². The number of aromatic amines is 1. The van der Waals surface area contributed by atoms with Crippen molar-refractivity contribution in [3.8, 4) is 0 Å². The predicted molar refractivity (Wildman–Crippen MR) is 102 cm³/mol. The lowest BCUT2D eigenvalue weighted by Crippen LogP contribution is -2.35.